The molecule has 4 aromatic heterocycles. The van der Waals surface area contributed by atoms with Gasteiger partial charge < -0.3 is 16.8 Å². The van der Waals surface area contributed by atoms with Gasteiger partial charge in [0.2, 0.25) is 0 Å². The second-order valence-electron chi connectivity index (χ2n) is 10.6. The zero-order valence-corrected chi connectivity index (χ0v) is 29.6. The lowest BCUT2D eigenvalue weighted by Gasteiger charge is -2.15. The molecule has 4 rings (SSSR count). The van der Waals surface area contributed by atoms with Crippen LogP contribution in [-0.4, -0.2) is 37.8 Å². The van der Waals surface area contributed by atoms with Crippen molar-refractivity contribution in [3.05, 3.63) is 103 Å². The van der Waals surface area contributed by atoms with Gasteiger partial charge in [-0.25, -0.2) is 23.5 Å². The highest BCUT2D eigenvalue weighted by Crippen LogP contribution is 2.26. The van der Waals surface area contributed by atoms with Crippen molar-refractivity contribution < 1.29 is 23.2 Å². The summed E-state index contributed by atoms with van der Waals surface area (Å²) in [6, 6.07) is 4.53. The molecule has 0 aliphatic rings. The van der Waals surface area contributed by atoms with E-state index in [0.717, 1.165) is 34.6 Å². The molecule has 0 fully saturated rings. The van der Waals surface area contributed by atoms with Crippen LogP contribution in [0.4, 0.5) is 25.0 Å². The van der Waals surface area contributed by atoms with Crippen molar-refractivity contribution in [2.45, 2.75) is 53.4 Å². The summed E-state index contributed by atoms with van der Waals surface area (Å²) in [7, 11) is 0. The minimum absolute atomic E-state index is 0.0647. The summed E-state index contributed by atoms with van der Waals surface area (Å²) in [6.45, 7) is 11.9. The number of nitrogen functional groups attached to an aromatic ring is 1. The first-order valence-electron chi connectivity index (χ1n) is 14.0. The molecule has 11 nitrogen and oxygen atoms in total. The van der Waals surface area contributed by atoms with E-state index in [4.69, 9.17) is 57.9 Å². The van der Waals surface area contributed by atoms with Gasteiger partial charge in [0, 0.05) is 12.4 Å². The Bertz CT molecular complexity index is 1830. The topological polar surface area (TPSA) is 179 Å². The van der Waals surface area contributed by atoms with E-state index in [1.165, 1.54) is 0 Å². The zero-order chi connectivity index (χ0) is 36.5. The first-order valence-corrected chi connectivity index (χ1v) is 15.5. The van der Waals surface area contributed by atoms with E-state index in [1.54, 1.807) is 25.4 Å². The van der Waals surface area contributed by atoms with Crippen LogP contribution in [0, 0.1) is 25.5 Å². The minimum atomic E-state index is -0.915. The lowest BCUT2D eigenvalue weighted by molar-refractivity contribution is 0.0964. The number of carbonyl (C=O) groups excluding carboxylic acids is 3. The number of halogens is 6. The average Bonchev–Trinajstić information content (AvgIpc) is 2.99. The maximum Gasteiger partial charge on any atom is 0.326 e. The molecular formula is C31H32Cl4F2N8O3. The van der Waals surface area contributed by atoms with Crippen LogP contribution >= 0.6 is 46.4 Å². The van der Waals surface area contributed by atoms with Crippen LogP contribution in [0.3, 0.4) is 0 Å². The number of nitrogens with one attached hydrogen (secondary N) is 2. The molecule has 0 spiro atoms. The fourth-order valence-electron chi connectivity index (χ4n) is 3.77. The summed E-state index contributed by atoms with van der Waals surface area (Å²) in [5.41, 5.74) is 15.1. The van der Waals surface area contributed by atoms with E-state index < -0.39 is 34.6 Å². The van der Waals surface area contributed by atoms with E-state index in [1.807, 2.05) is 26.8 Å². The van der Waals surface area contributed by atoms with Gasteiger partial charge >= 0.3 is 6.03 Å². The standard InChI is InChI=1S/C16H15Cl2FN4O2.C9H14N2.C6H3Cl2FN2O/c1-7(2)11-12(8(3)4-5-20-11)21-16(25)23-15(24)9-6-10(19)14(18)22-13(9)17;1-6(2)9-8(10)7(3)4-5-11-9;7-4-2(6(10)12)1-3(9)5(8)11-4/h4-7H,1-3H3,(H2,21,23,24,25);4-6H,10H2,1-3H3;1H,(H2,10,12). The molecule has 48 heavy (non-hydrogen) atoms. The second-order valence-corrected chi connectivity index (χ2v) is 12.0. The number of hydrogen-bond donors (Lipinski definition) is 4. The van der Waals surface area contributed by atoms with E-state index >= 15 is 0 Å². The number of aromatic nitrogens is 4. The van der Waals surface area contributed by atoms with Crippen molar-refractivity contribution in [2.24, 2.45) is 5.73 Å². The monoisotopic (exact) mass is 742 g/mol. The quantitative estimate of drug-likeness (QED) is 0.148. The highest BCUT2D eigenvalue weighted by Gasteiger charge is 2.20. The van der Waals surface area contributed by atoms with Gasteiger partial charge in [-0.3, -0.25) is 24.9 Å². The van der Waals surface area contributed by atoms with Gasteiger partial charge in [-0.15, -0.1) is 0 Å². The number of urea groups is 1. The molecule has 4 aromatic rings. The molecule has 0 saturated carbocycles. The van der Waals surface area contributed by atoms with E-state index in [0.29, 0.717) is 17.3 Å². The molecule has 4 amide bonds. The van der Waals surface area contributed by atoms with Gasteiger partial charge in [0.05, 0.1) is 33.9 Å². The molecule has 0 radical (unpaired) electrons. The van der Waals surface area contributed by atoms with Gasteiger partial charge in [-0.2, -0.15) is 0 Å². The SMILES string of the molecule is Cc1ccnc(C(C)C)c1N.Cc1ccnc(C(C)C)c1NC(=O)NC(=O)c1cc(F)c(Cl)nc1Cl.NC(=O)c1cc(F)c(Cl)nc1Cl. The third-order valence-corrected chi connectivity index (χ3v) is 7.38. The van der Waals surface area contributed by atoms with Crippen molar-refractivity contribution in [3.63, 3.8) is 0 Å². The van der Waals surface area contributed by atoms with Crippen molar-refractivity contribution in [2.75, 3.05) is 11.1 Å². The highest BCUT2D eigenvalue weighted by atomic mass is 35.5. The molecule has 0 atom stereocenters. The zero-order valence-electron chi connectivity index (χ0n) is 26.6. The number of aryl methyl sites for hydroxylation is 2. The van der Waals surface area contributed by atoms with Crippen molar-refractivity contribution in [1.29, 1.82) is 0 Å². The predicted octanol–water partition coefficient (Wildman–Crippen LogP) is 8.04. The largest absolute Gasteiger partial charge is 0.397 e. The normalized spacial score (nSPS) is 10.5. The summed E-state index contributed by atoms with van der Waals surface area (Å²) in [5.74, 6) is -3.01. The summed E-state index contributed by atoms with van der Waals surface area (Å²) in [6.07, 6.45) is 3.45. The van der Waals surface area contributed by atoms with E-state index in [-0.39, 0.29) is 32.5 Å². The van der Waals surface area contributed by atoms with Gasteiger partial charge in [-0.1, -0.05) is 74.1 Å². The van der Waals surface area contributed by atoms with Gasteiger partial charge in [-0.05, 0) is 61.1 Å². The number of primary amides is 1. The van der Waals surface area contributed by atoms with Gasteiger partial charge in [0.15, 0.2) is 21.9 Å². The number of pyridine rings is 4. The molecule has 0 saturated heterocycles. The smallest absolute Gasteiger partial charge is 0.326 e. The number of nitrogens with two attached hydrogens (primary N) is 2. The molecule has 6 N–H and O–H groups in total. The summed E-state index contributed by atoms with van der Waals surface area (Å²) >= 11 is 21.9. The van der Waals surface area contributed by atoms with Gasteiger partial charge in [0.1, 0.15) is 10.3 Å². The molecule has 0 unspecified atom stereocenters. The Kier molecular flexibility index (Phi) is 14.9. The maximum atomic E-state index is 13.5. The molecule has 17 heteroatoms. The number of amides is 4. The molecule has 0 bridgehead atoms. The summed E-state index contributed by atoms with van der Waals surface area (Å²) < 4.78 is 26.1. The fraction of sp³-hybridized carbons (Fsp3) is 0.258. The number of imide groups is 1. The Labute approximate surface area is 295 Å². The van der Waals surface area contributed by atoms with Crippen molar-refractivity contribution >= 4 is 75.6 Å². The lowest BCUT2D eigenvalue weighted by Crippen LogP contribution is -2.35. The van der Waals surface area contributed by atoms with Crippen LogP contribution in [0.5, 0.6) is 0 Å². The third kappa shape index (κ3) is 10.9. The predicted molar refractivity (Wildman–Crippen MR) is 184 cm³/mol. The summed E-state index contributed by atoms with van der Waals surface area (Å²) in [4.78, 5) is 50.1. The maximum absolute atomic E-state index is 13.5. The minimum Gasteiger partial charge on any atom is -0.397 e. The van der Waals surface area contributed by atoms with Crippen LogP contribution in [0.2, 0.25) is 20.6 Å². The van der Waals surface area contributed by atoms with Crippen LogP contribution < -0.4 is 22.1 Å². The number of hydrogen-bond acceptors (Lipinski definition) is 8. The molecule has 0 aromatic carbocycles. The Morgan fingerprint density at radius 1 is 0.750 bits per heavy atom. The molecule has 4 heterocycles. The van der Waals surface area contributed by atoms with E-state index in [9.17, 15) is 23.2 Å². The Morgan fingerprint density at radius 3 is 1.69 bits per heavy atom. The molecule has 0 aliphatic carbocycles. The molecule has 0 aliphatic heterocycles. The Morgan fingerprint density at radius 2 is 1.21 bits per heavy atom. The third-order valence-electron chi connectivity index (χ3n) is 6.27. The van der Waals surface area contributed by atoms with Crippen LogP contribution in [0.25, 0.3) is 0 Å². The van der Waals surface area contributed by atoms with Crippen LogP contribution in [0.15, 0.2) is 36.7 Å². The Balaban J connectivity index is 0.000000288. The molecule has 256 valence electrons. The second kappa shape index (κ2) is 17.8. The first-order chi connectivity index (χ1) is 22.3. The number of rotatable bonds is 5. The number of nitrogens with zero attached hydrogens (tertiary/aromatic N) is 4. The van der Waals surface area contributed by atoms with Crippen LogP contribution in [-0.2, 0) is 0 Å². The first kappa shape index (κ1) is 40.0. The molecular weight excluding hydrogens is 712 g/mol. The van der Waals surface area contributed by atoms with Crippen molar-refractivity contribution in [1.82, 2.24) is 25.3 Å². The van der Waals surface area contributed by atoms with E-state index in [2.05, 4.69) is 44.4 Å². The lowest BCUT2D eigenvalue weighted by atomic mass is 10.1. The highest BCUT2D eigenvalue weighted by molar-refractivity contribution is 6.35. The van der Waals surface area contributed by atoms with Crippen LogP contribution in [0.1, 0.15) is 82.8 Å². The number of carbonyl (C=O) groups is 3. The Hall–Kier alpha value is -4.17. The average molecular weight is 744 g/mol. The van der Waals surface area contributed by atoms with Crippen molar-refractivity contribution in [3.8, 4) is 0 Å². The van der Waals surface area contributed by atoms with Gasteiger partial charge in [0.25, 0.3) is 11.8 Å². The number of anilines is 2. The fourth-order valence-corrected chi connectivity index (χ4v) is 4.59. The summed E-state index contributed by atoms with van der Waals surface area (Å²) in [5, 5.41) is 3.31.